The molecule has 0 spiro atoms. The van der Waals surface area contributed by atoms with Gasteiger partial charge in [0, 0.05) is 19.4 Å². The highest BCUT2D eigenvalue weighted by Gasteiger charge is 2.31. The number of nitrogens with two attached hydrogens (primary N) is 3. The number of aliphatic carboxylic acids is 2. The third-order valence-corrected chi connectivity index (χ3v) is 6.22. The first-order chi connectivity index (χ1) is 20.3. The number of nitrogens with zero attached hydrogens (tertiary/aromatic N) is 1. The number of carboxylic acid groups (broad SMARTS) is 2. The molecule has 15 nitrogen and oxygen atoms in total. The topological polar surface area (TPSA) is 273 Å². The van der Waals surface area contributed by atoms with E-state index in [1.165, 1.54) is 24.3 Å². The maximum absolute atomic E-state index is 13.3. The SMILES string of the molecule is NC(N)=NCCCC(N)C(=O)NC(CC(=O)O)C(=O)NC(Cc1ccc(O)cc1)C(=O)NC(Cc1ccccc1)C(=O)O. The number of carbonyl (C=O) groups is 5. The van der Waals surface area contributed by atoms with Crippen molar-refractivity contribution in [3.63, 3.8) is 0 Å². The van der Waals surface area contributed by atoms with Gasteiger partial charge in [0.2, 0.25) is 17.7 Å². The van der Waals surface area contributed by atoms with Gasteiger partial charge in [0.05, 0.1) is 12.5 Å². The number of hydrogen-bond donors (Lipinski definition) is 9. The molecule has 0 saturated heterocycles. The Kier molecular flexibility index (Phi) is 13.4. The second kappa shape index (κ2) is 16.9. The fourth-order valence-electron chi connectivity index (χ4n) is 3.98. The second-order valence-electron chi connectivity index (χ2n) is 9.74. The van der Waals surface area contributed by atoms with Crippen LogP contribution in [-0.4, -0.2) is 81.7 Å². The van der Waals surface area contributed by atoms with Gasteiger partial charge in [-0.2, -0.15) is 0 Å². The molecule has 4 unspecified atom stereocenters. The smallest absolute Gasteiger partial charge is 0.326 e. The summed E-state index contributed by atoms with van der Waals surface area (Å²) >= 11 is 0. The highest BCUT2D eigenvalue weighted by atomic mass is 16.4. The fraction of sp³-hybridized carbons (Fsp3) is 0.357. The molecule has 15 heteroatoms. The summed E-state index contributed by atoms with van der Waals surface area (Å²) in [6, 6.07) is 8.87. The predicted molar refractivity (Wildman–Crippen MR) is 156 cm³/mol. The van der Waals surface area contributed by atoms with E-state index in [1.54, 1.807) is 30.3 Å². The Morgan fingerprint density at radius 3 is 1.86 bits per heavy atom. The van der Waals surface area contributed by atoms with Crippen LogP contribution < -0.4 is 33.2 Å². The van der Waals surface area contributed by atoms with E-state index >= 15 is 0 Å². The van der Waals surface area contributed by atoms with Crippen molar-refractivity contribution in [3.05, 3.63) is 65.7 Å². The van der Waals surface area contributed by atoms with Gasteiger partial charge in [-0.25, -0.2) is 4.79 Å². The van der Waals surface area contributed by atoms with Crippen LogP contribution in [0.2, 0.25) is 0 Å². The van der Waals surface area contributed by atoms with Gasteiger partial charge in [-0.15, -0.1) is 0 Å². The third-order valence-electron chi connectivity index (χ3n) is 6.22. The van der Waals surface area contributed by atoms with Crippen molar-refractivity contribution in [3.8, 4) is 5.75 Å². The van der Waals surface area contributed by atoms with Crippen LogP contribution in [0.3, 0.4) is 0 Å². The maximum Gasteiger partial charge on any atom is 0.326 e. The van der Waals surface area contributed by atoms with Gasteiger partial charge in [-0.1, -0.05) is 42.5 Å². The summed E-state index contributed by atoms with van der Waals surface area (Å²) in [5, 5.41) is 35.9. The number of phenols is 1. The first-order valence-electron chi connectivity index (χ1n) is 13.3. The van der Waals surface area contributed by atoms with E-state index < -0.39 is 60.2 Å². The second-order valence-corrected chi connectivity index (χ2v) is 9.74. The lowest BCUT2D eigenvalue weighted by Crippen LogP contribution is -2.58. The maximum atomic E-state index is 13.3. The Morgan fingerprint density at radius 2 is 1.28 bits per heavy atom. The molecule has 0 heterocycles. The number of amides is 3. The highest BCUT2D eigenvalue weighted by molar-refractivity contribution is 5.95. The van der Waals surface area contributed by atoms with Gasteiger partial charge in [0.1, 0.15) is 23.9 Å². The van der Waals surface area contributed by atoms with Crippen LogP contribution in [0, 0.1) is 0 Å². The number of carbonyl (C=O) groups excluding carboxylic acids is 3. The van der Waals surface area contributed by atoms with E-state index in [1.807, 2.05) is 0 Å². The highest BCUT2D eigenvalue weighted by Crippen LogP contribution is 2.13. The third kappa shape index (κ3) is 12.5. The zero-order valence-electron chi connectivity index (χ0n) is 23.3. The summed E-state index contributed by atoms with van der Waals surface area (Å²) in [5.74, 6) is -5.55. The summed E-state index contributed by atoms with van der Waals surface area (Å²) in [7, 11) is 0. The Hall–Kier alpha value is -5.18. The van der Waals surface area contributed by atoms with Crippen LogP contribution in [0.4, 0.5) is 0 Å². The van der Waals surface area contributed by atoms with Crippen LogP contribution in [0.15, 0.2) is 59.6 Å². The molecule has 3 amide bonds. The number of rotatable bonds is 17. The molecule has 4 atom stereocenters. The molecule has 2 aromatic carbocycles. The molecule has 0 aliphatic rings. The van der Waals surface area contributed by atoms with Crippen LogP contribution >= 0.6 is 0 Å². The van der Waals surface area contributed by atoms with Crippen molar-refractivity contribution >= 4 is 35.6 Å². The Bertz CT molecular complexity index is 1280. The quantitative estimate of drug-likeness (QED) is 0.0577. The molecule has 0 fully saturated rings. The molecule has 0 aromatic heterocycles. The number of aromatic hydroxyl groups is 1. The normalized spacial score (nSPS) is 13.4. The minimum absolute atomic E-state index is 0.0403. The van der Waals surface area contributed by atoms with Gasteiger partial charge >= 0.3 is 11.9 Å². The standard InChI is InChI=1S/C28H37N7O8/c29-19(7-4-12-32-28(30)31)24(39)33-21(15-23(37)38)26(41)34-20(13-17-8-10-18(36)11-9-17)25(40)35-22(27(42)43)14-16-5-2-1-3-6-16/h1-3,5-6,8-11,19-22,36H,4,7,12-15,29H2,(H,33,39)(H,34,41)(H,35,40)(H,37,38)(H,42,43)(H4,30,31,32). The molecule has 2 rings (SSSR count). The fourth-order valence-corrected chi connectivity index (χ4v) is 3.98. The molecule has 12 N–H and O–H groups in total. The predicted octanol–water partition coefficient (Wildman–Crippen LogP) is -1.43. The Labute approximate surface area is 247 Å². The van der Waals surface area contributed by atoms with Crippen molar-refractivity contribution in [1.29, 1.82) is 0 Å². The molecule has 43 heavy (non-hydrogen) atoms. The first kappa shape index (κ1) is 34.0. The average molecular weight is 600 g/mol. The zero-order chi connectivity index (χ0) is 31.9. The van der Waals surface area contributed by atoms with Crippen LogP contribution in [0.25, 0.3) is 0 Å². The van der Waals surface area contributed by atoms with Crippen LogP contribution in [-0.2, 0) is 36.8 Å². The molecular weight excluding hydrogens is 562 g/mol. The van der Waals surface area contributed by atoms with Crippen LogP contribution in [0.5, 0.6) is 5.75 Å². The Balaban J connectivity index is 2.22. The summed E-state index contributed by atoms with van der Waals surface area (Å²) in [5.41, 5.74) is 17.5. The number of hydrogen-bond acceptors (Lipinski definition) is 8. The number of guanidine groups is 1. The largest absolute Gasteiger partial charge is 0.508 e. The van der Waals surface area contributed by atoms with E-state index in [-0.39, 0.29) is 37.5 Å². The van der Waals surface area contributed by atoms with Gasteiger partial charge in [-0.3, -0.25) is 24.2 Å². The van der Waals surface area contributed by atoms with Gasteiger partial charge < -0.3 is 48.5 Å². The van der Waals surface area contributed by atoms with Crippen molar-refractivity contribution in [2.24, 2.45) is 22.2 Å². The monoisotopic (exact) mass is 599 g/mol. The molecule has 2 aromatic rings. The number of phenolic OH excluding ortho intramolecular Hbond substituents is 1. The van der Waals surface area contributed by atoms with Crippen molar-refractivity contribution in [1.82, 2.24) is 16.0 Å². The summed E-state index contributed by atoms with van der Waals surface area (Å²) in [6.07, 6.45) is -0.537. The molecule has 0 radical (unpaired) electrons. The number of carboxylic acids is 2. The summed E-state index contributed by atoms with van der Waals surface area (Å²) < 4.78 is 0. The summed E-state index contributed by atoms with van der Waals surface area (Å²) in [4.78, 5) is 66.4. The lowest BCUT2D eigenvalue weighted by atomic mass is 10.0. The lowest BCUT2D eigenvalue weighted by Gasteiger charge is -2.25. The molecule has 0 bridgehead atoms. The Morgan fingerprint density at radius 1 is 0.744 bits per heavy atom. The lowest BCUT2D eigenvalue weighted by molar-refractivity contribution is -0.143. The molecule has 0 aliphatic carbocycles. The van der Waals surface area contributed by atoms with Gasteiger partial charge in [-0.05, 0) is 36.1 Å². The number of benzene rings is 2. The minimum atomic E-state index is -1.61. The minimum Gasteiger partial charge on any atom is -0.508 e. The average Bonchev–Trinajstić information content (AvgIpc) is 2.95. The number of aliphatic imine (C=N–C) groups is 1. The molecule has 232 valence electrons. The van der Waals surface area contributed by atoms with E-state index in [2.05, 4.69) is 20.9 Å². The number of nitrogens with one attached hydrogen (secondary N) is 3. The van der Waals surface area contributed by atoms with E-state index in [0.29, 0.717) is 17.5 Å². The summed E-state index contributed by atoms with van der Waals surface area (Å²) in [6.45, 7) is 0.206. The van der Waals surface area contributed by atoms with E-state index in [0.717, 1.165) is 0 Å². The van der Waals surface area contributed by atoms with Crippen molar-refractivity contribution < 1.29 is 39.3 Å². The molecular formula is C28H37N7O8. The van der Waals surface area contributed by atoms with Crippen LogP contribution in [0.1, 0.15) is 30.4 Å². The van der Waals surface area contributed by atoms with Crippen molar-refractivity contribution in [2.45, 2.75) is 56.3 Å². The van der Waals surface area contributed by atoms with Gasteiger partial charge in [0.25, 0.3) is 0 Å². The molecule has 0 aliphatic heterocycles. The van der Waals surface area contributed by atoms with Gasteiger partial charge in [0.15, 0.2) is 5.96 Å². The zero-order valence-corrected chi connectivity index (χ0v) is 23.3. The molecule has 0 saturated carbocycles. The van der Waals surface area contributed by atoms with E-state index in [9.17, 15) is 39.3 Å². The first-order valence-corrected chi connectivity index (χ1v) is 13.3. The van der Waals surface area contributed by atoms with E-state index in [4.69, 9.17) is 17.2 Å². The van der Waals surface area contributed by atoms with Crippen molar-refractivity contribution in [2.75, 3.05) is 6.54 Å².